The molecule has 0 fully saturated rings. The fourth-order valence-electron chi connectivity index (χ4n) is 0.613. The van der Waals surface area contributed by atoms with E-state index in [1.54, 1.807) is 20.8 Å². The van der Waals surface area contributed by atoms with Crippen molar-refractivity contribution in [3.63, 3.8) is 0 Å². The van der Waals surface area contributed by atoms with Crippen LogP contribution in [0.25, 0.3) is 0 Å². The lowest BCUT2D eigenvalue weighted by molar-refractivity contribution is 0.205. The van der Waals surface area contributed by atoms with Gasteiger partial charge < -0.3 is 19.9 Å². The second-order valence-electron chi connectivity index (χ2n) is 2.10. The first-order valence-electron chi connectivity index (χ1n) is 4.28. The number of hydrogen-bond acceptors (Lipinski definition) is 4. The fraction of sp³-hybridized carbons (Fsp3) is 0.857. The van der Waals surface area contributed by atoms with Crippen LogP contribution in [0, 0.1) is 0 Å². The molecule has 0 aliphatic heterocycles. The minimum Gasteiger partial charge on any atom is -0.465 e. The van der Waals surface area contributed by atoms with Crippen LogP contribution in [0.15, 0.2) is 0 Å². The summed E-state index contributed by atoms with van der Waals surface area (Å²) in [5.41, 5.74) is 4.03. The van der Waals surface area contributed by atoms with Crippen molar-refractivity contribution in [2.45, 2.75) is 20.8 Å². The second kappa shape index (κ2) is 8.99. The van der Waals surface area contributed by atoms with Crippen LogP contribution in [-0.4, -0.2) is 30.6 Å². The number of rotatable bonds is 5. The molecule has 0 bridgehead atoms. The average Bonchev–Trinajstić information content (AvgIpc) is 2.04. The third kappa shape index (κ3) is 11.4. The molecule has 1 amide bonds. The van der Waals surface area contributed by atoms with E-state index in [9.17, 15) is 4.57 Å². The van der Waals surface area contributed by atoms with E-state index >= 15 is 0 Å². The van der Waals surface area contributed by atoms with Gasteiger partial charge in [0.25, 0.3) is 0 Å². The zero-order valence-electron chi connectivity index (χ0n) is 8.73. The molecule has 0 spiro atoms. The molecule has 86 valence electrons. The van der Waals surface area contributed by atoms with Crippen LogP contribution < -0.4 is 5.73 Å². The van der Waals surface area contributed by atoms with Crippen LogP contribution in [0.5, 0.6) is 0 Å². The summed E-state index contributed by atoms with van der Waals surface area (Å²) < 4.78 is 21.2. The monoisotopic (exact) mass is 227 g/mol. The van der Waals surface area contributed by atoms with E-state index in [1.165, 1.54) is 0 Å². The van der Waals surface area contributed by atoms with Gasteiger partial charge in [-0.05, 0) is 13.8 Å². The Morgan fingerprint density at radius 1 is 1.29 bits per heavy atom. The predicted octanol–water partition coefficient (Wildman–Crippen LogP) is 1.90. The van der Waals surface area contributed by atoms with Gasteiger partial charge >= 0.3 is 13.7 Å². The van der Waals surface area contributed by atoms with Gasteiger partial charge in [-0.2, -0.15) is 0 Å². The molecule has 0 radical (unpaired) electrons. The summed E-state index contributed by atoms with van der Waals surface area (Å²) in [5.74, 6) is 0. The SMILES string of the molecule is CCOP(=O)(CC)OCC.NC(=O)O. The summed E-state index contributed by atoms with van der Waals surface area (Å²) in [6.45, 7) is 6.31. The summed E-state index contributed by atoms with van der Waals surface area (Å²) in [5, 5.41) is 7.19. The number of carboxylic acid groups (broad SMARTS) is 1. The van der Waals surface area contributed by atoms with Crippen molar-refractivity contribution >= 4 is 13.7 Å². The van der Waals surface area contributed by atoms with Crippen LogP contribution in [-0.2, 0) is 13.6 Å². The molecule has 3 N–H and O–H groups in total. The van der Waals surface area contributed by atoms with Gasteiger partial charge in [-0.15, -0.1) is 0 Å². The molecular formula is C7H18NO5P. The van der Waals surface area contributed by atoms with Crippen LogP contribution in [0.3, 0.4) is 0 Å². The van der Waals surface area contributed by atoms with Gasteiger partial charge in [0.05, 0.1) is 13.2 Å². The van der Waals surface area contributed by atoms with Crippen LogP contribution in [0.1, 0.15) is 20.8 Å². The minimum atomic E-state index is -2.70. The van der Waals surface area contributed by atoms with Crippen LogP contribution in [0.4, 0.5) is 4.79 Å². The first-order chi connectivity index (χ1) is 6.41. The molecule has 0 aromatic heterocycles. The molecule has 0 saturated heterocycles. The first-order valence-corrected chi connectivity index (χ1v) is 6.01. The molecule has 7 heteroatoms. The number of carbonyl (C=O) groups is 1. The summed E-state index contributed by atoms with van der Waals surface area (Å²) in [4.78, 5) is 8.78. The quantitative estimate of drug-likeness (QED) is 0.698. The number of primary amides is 1. The normalized spacial score (nSPS) is 10.2. The summed E-state index contributed by atoms with van der Waals surface area (Å²) in [6.07, 6.45) is -0.880. The molecule has 0 heterocycles. The molecule has 0 rings (SSSR count). The largest absolute Gasteiger partial charge is 0.465 e. The average molecular weight is 227 g/mol. The molecular weight excluding hydrogens is 209 g/mol. The van der Waals surface area contributed by atoms with Crippen molar-refractivity contribution in [1.82, 2.24) is 0 Å². The van der Waals surface area contributed by atoms with E-state index in [0.29, 0.717) is 19.4 Å². The summed E-state index contributed by atoms with van der Waals surface area (Å²) >= 11 is 0. The summed E-state index contributed by atoms with van der Waals surface area (Å²) in [7, 11) is -2.70. The predicted molar refractivity (Wildman–Crippen MR) is 53.6 cm³/mol. The van der Waals surface area contributed by atoms with E-state index in [-0.39, 0.29) is 0 Å². The maximum absolute atomic E-state index is 11.3. The molecule has 0 saturated carbocycles. The zero-order valence-corrected chi connectivity index (χ0v) is 9.62. The Labute approximate surface area is 83.9 Å². The van der Waals surface area contributed by atoms with Gasteiger partial charge in [0.2, 0.25) is 0 Å². The maximum atomic E-state index is 11.3. The van der Waals surface area contributed by atoms with E-state index in [2.05, 4.69) is 5.73 Å². The number of nitrogens with two attached hydrogens (primary N) is 1. The molecule has 0 aliphatic rings. The smallest absolute Gasteiger partial charge is 0.402 e. The van der Waals surface area contributed by atoms with Crippen molar-refractivity contribution in [3.05, 3.63) is 0 Å². The molecule has 0 aliphatic carbocycles. The highest BCUT2D eigenvalue weighted by Crippen LogP contribution is 2.47. The van der Waals surface area contributed by atoms with Crippen molar-refractivity contribution in [2.75, 3.05) is 19.4 Å². The Hall–Kier alpha value is -0.580. The van der Waals surface area contributed by atoms with Gasteiger partial charge in [-0.25, -0.2) is 4.79 Å². The van der Waals surface area contributed by atoms with Crippen LogP contribution >= 0.6 is 7.60 Å². The lowest BCUT2D eigenvalue weighted by Crippen LogP contribution is -2.03. The molecule has 0 atom stereocenters. The standard InChI is InChI=1S/C6H15O3P.CH3NO2/c1-4-8-10(7,6-3)9-5-2;2-1(3)4/h4-6H2,1-3H3;2H2,(H,3,4). The molecule has 14 heavy (non-hydrogen) atoms. The number of amides is 1. The highest BCUT2D eigenvalue weighted by molar-refractivity contribution is 7.53. The second-order valence-corrected chi connectivity index (χ2v) is 4.47. The van der Waals surface area contributed by atoms with Gasteiger partial charge in [0, 0.05) is 6.16 Å². The highest BCUT2D eigenvalue weighted by Gasteiger charge is 2.19. The van der Waals surface area contributed by atoms with Crippen molar-refractivity contribution in [3.8, 4) is 0 Å². The maximum Gasteiger partial charge on any atom is 0.402 e. The Balaban J connectivity index is 0. The van der Waals surface area contributed by atoms with Gasteiger partial charge in [-0.3, -0.25) is 4.57 Å². The molecule has 0 aromatic carbocycles. The fourth-order valence-corrected chi connectivity index (χ4v) is 1.84. The molecule has 6 nitrogen and oxygen atoms in total. The van der Waals surface area contributed by atoms with Crippen molar-refractivity contribution in [1.29, 1.82) is 0 Å². The minimum absolute atomic E-state index is 0.450. The van der Waals surface area contributed by atoms with E-state index < -0.39 is 13.7 Å². The Kier molecular flexibility index (Phi) is 10.2. The van der Waals surface area contributed by atoms with Gasteiger partial charge in [-0.1, -0.05) is 6.92 Å². The Bertz CT molecular complexity index is 183. The lowest BCUT2D eigenvalue weighted by atomic mass is 10.9. The molecule has 0 unspecified atom stereocenters. The Morgan fingerprint density at radius 2 is 1.57 bits per heavy atom. The van der Waals surface area contributed by atoms with E-state index in [0.717, 1.165) is 0 Å². The third-order valence-corrected chi connectivity index (χ3v) is 3.12. The Morgan fingerprint density at radius 3 is 1.71 bits per heavy atom. The zero-order chi connectivity index (χ0) is 11.6. The van der Waals surface area contributed by atoms with Gasteiger partial charge in [0.15, 0.2) is 0 Å². The third-order valence-electron chi connectivity index (χ3n) is 1.04. The van der Waals surface area contributed by atoms with E-state index in [1.807, 2.05) is 0 Å². The van der Waals surface area contributed by atoms with Gasteiger partial charge in [0.1, 0.15) is 0 Å². The topological polar surface area (TPSA) is 98.9 Å². The lowest BCUT2D eigenvalue weighted by Gasteiger charge is -2.13. The van der Waals surface area contributed by atoms with E-state index in [4.69, 9.17) is 18.9 Å². The number of hydrogen-bond donors (Lipinski definition) is 2. The molecule has 0 aromatic rings. The highest BCUT2D eigenvalue weighted by atomic mass is 31.2. The first kappa shape index (κ1) is 15.9. The summed E-state index contributed by atoms with van der Waals surface area (Å²) in [6, 6.07) is 0. The van der Waals surface area contributed by atoms with Crippen molar-refractivity contribution in [2.24, 2.45) is 5.73 Å². The van der Waals surface area contributed by atoms with Crippen LogP contribution in [0.2, 0.25) is 0 Å². The van der Waals surface area contributed by atoms with Crippen molar-refractivity contribution < 1.29 is 23.5 Å².